The van der Waals surface area contributed by atoms with E-state index in [4.69, 9.17) is 10.5 Å². The van der Waals surface area contributed by atoms with Gasteiger partial charge in [0.2, 0.25) is 5.91 Å². The van der Waals surface area contributed by atoms with E-state index in [0.29, 0.717) is 37.8 Å². The van der Waals surface area contributed by atoms with Gasteiger partial charge in [-0.05, 0) is 56.9 Å². The van der Waals surface area contributed by atoms with E-state index >= 15 is 0 Å². The molecule has 11 heteroatoms. The molecule has 0 radical (unpaired) electrons. The molecule has 0 aromatic heterocycles. The largest absolute Gasteiger partial charge is 0.488 e. The third kappa shape index (κ3) is 7.99. The lowest BCUT2D eigenvalue weighted by molar-refractivity contribution is -0.144. The maximum atomic E-state index is 13.5. The van der Waals surface area contributed by atoms with E-state index in [1.54, 1.807) is 6.08 Å². The van der Waals surface area contributed by atoms with Crippen molar-refractivity contribution in [3.05, 3.63) is 71.5 Å². The second-order valence-electron chi connectivity index (χ2n) is 9.91. The molecular weight excluding hydrogens is 538 g/mol. The van der Waals surface area contributed by atoms with Crippen molar-refractivity contribution >= 4 is 11.7 Å². The predicted octanol–water partition coefficient (Wildman–Crippen LogP) is 7.14. The zero-order valence-corrected chi connectivity index (χ0v) is 22.9. The van der Waals surface area contributed by atoms with E-state index < -0.39 is 41.0 Å². The van der Waals surface area contributed by atoms with Crippen molar-refractivity contribution in [2.75, 3.05) is 13.1 Å². The Morgan fingerprint density at radius 1 is 1.10 bits per heavy atom. The van der Waals surface area contributed by atoms with E-state index in [-0.39, 0.29) is 48.6 Å². The van der Waals surface area contributed by atoms with E-state index in [0.717, 1.165) is 0 Å². The predicted molar refractivity (Wildman–Crippen MR) is 140 cm³/mol. The minimum Gasteiger partial charge on any atom is -0.488 e. The fourth-order valence-corrected chi connectivity index (χ4v) is 5.07. The number of ketones is 1. The van der Waals surface area contributed by atoms with E-state index in [1.807, 2.05) is 25.2 Å². The number of hydrogen-bond acceptors (Lipinski definition) is 4. The first-order valence-electron chi connectivity index (χ1n) is 13.1. The zero-order chi connectivity index (χ0) is 30.3. The van der Waals surface area contributed by atoms with Gasteiger partial charge >= 0.3 is 12.4 Å². The summed E-state index contributed by atoms with van der Waals surface area (Å²) in [7, 11) is 0. The van der Waals surface area contributed by atoms with Crippen LogP contribution in [0.3, 0.4) is 0 Å². The molecule has 1 amide bonds. The number of alkyl halides is 6. The molecule has 0 bridgehead atoms. The highest BCUT2D eigenvalue weighted by Gasteiger charge is 2.48. The van der Waals surface area contributed by atoms with Crippen LogP contribution in [0.4, 0.5) is 26.3 Å². The number of hydrogen-bond donors (Lipinski definition) is 1. The van der Waals surface area contributed by atoms with Crippen molar-refractivity contribution < 1.29 is 40.7 Å². The molecular formula is C29H36F6N2O3. The molecule has 222 valence electrons. The van der Waals surface area contributed by atoms with Crippen LogP contribution >= 0.6 is 0 Å². The zero-order valence-electron chi connectivity index (χ0n) is 22.9. The van der Waals surface area contributed by atoms with Gasteiger partial charge in [-0.1, -0.05) is 44.2 Å². The summed E-state index contributed by atoms with van der Waals surface area (Å²) < 4.78 is 87.0. The number of allylic oxidation sites excluding steroid dienone is 3. The molecule has 2 rings (SSSR count). The third-order valence-corrected chi connectivity index (χ3v) is 6.97. The Bertz CT molecular complexity index is 1090. The van der Waals surface area contributed by atoms with Gasteiger partial charge in [-0.2, -0.15) is 26.3 Å². The van der Waals surface area contributed by atoms with Gasteiger partial charge in [-0.15, -0.1) is 0 Å². The molecule has 5 nitrogen and oxygen atoms in total. The van der Waals surface area contributed by atoms with Crippen molar-refractivity contribution in [1.82, 2.24) is 4.90 Å². The molecule has 1 aliphatic rings. The van der Waals surface area contributed by atoms with Gasteiger partial charge in [0.1, 0.15) is 23.2 Å². The number of halogens is 6. The van der Waals surface area contributed by atoms with Crippen molar-refractivity contribution in [1.29, 1.82) is 0 Å². The second-order valence-corrected chi connectivity index (χ2v) is 9.91. The first kappa shape index (κ1) is 33.1. The van der Waals surface area contributed by atoms with Crippen LogP contribution in [-0.2, 0) is 26.7 Å². The first-order valence-corrected chi connectivity index (χ1v) is 13.1. The SMILES string of the molecule is C=C(O[C@H](C)c1cc(C(F)(F)F)cc(C(F)(F)F)c1)[C@](CCC)(C1C=CC=CC1)N(CCCC(C)=O)C(=O)CN. The maximum absolute atomic E-state index is 13.5. The number of ether oxygens (including phenoxy) is 1. The molecule has 1 aliphatic carbocycles. The second kappa shape index (κ2) is 13.5. The van der Waals surface area contributed by atoms with Crippen molar-refractivity contribution in [2.45, 2.75) is 76.9 Å². The molecule has 0 aliphatic heterocycles. The van der Waals surface area contributed by atoms with Crippen LogP contribution in [0.5, 0.6) is 0 Å². The summed E-state index contributed by atoms with van der Waals surface area (Å²) in [5.74, 6) is -0.883. The third-order valence-electron chi connectivity index (χ3n) is 6.97. The number of carbonyl (C=O) groups excluding carboxylic acids is 2. The van der Waals surface area contributed by atoms with Crippen molar-refractivity contribution in [3.8, 4) is 0 Å². The Hall–Kier alpha value is -3.08. The van der Waals surface area contributed by atoms with Gasteiger partial charge in [0.05, 0.1) is 17.7 Å². The molecule has 0 saturated carbocycles. The molecule has 3 atom stereocenters. The highest BCUT2D eigenvalue weighted by molar-refractivity contribution is 5.80. The fourth-order valence-electron chi connectivity index (χ4n) is 5.07. The summed E-state index contributed by atoms with van der Waals surface area (Å²) in [5, 5.41) is 0. The quantitative estimate of drug-likeness (QED) is 0.201. The normalized spacial score (nSPS) is 17.7. The van der Waals surface area contributed by atoms with Gasteiger partial charge in [0.25, 0.3) is 0 Å². The Morgan fingerprint density at radius 2 is 1.70 bits per heavy atom. The summed E-state index contributed by atoms with van der Waals surface area (Å²) in [6.45, 7) is 8.48. The van der Waals surface area contributed by atoms with E-state index in [1.165, 1.54) is 18.7 Å². The number of amides is 1. The standard InChI is InChI=1S/C29H36F6N2O3/c1-5-13-27(23-11-7-6-8-12-23,37(26(39)18-36)14-9-10-19(2)38)21(4)40-20(3)22-15-24(28(30,31)32)17-25(16-22)29(33,34)35/h6-8,11,15-17,20,23H,4-5,9-10,12-14,18,36H2,1-3H3/t20-,23?,27-/m1/s1. The van der Waals surface area contributed by atoms with Crippen LogP contribution in [0.1, 0.15) is 75.7 Å². The molecule has 0 spiro atoms. The monoisotopic (exact) mass is 574 g/mol. The summed E-state index contributed by atoms with van der Waals surface area (Å²) >= 11 is 0. The first-order chi connectivity index (χ1) is 18.6. The van der Waals surface area contributed by atoms with Gasteiger partial charge < -0.3 is 20.2 Å². The minimum absolute atomic E-state index is 0.0161. The van der Waals surface area contributed by atoms with Crippen molar-refractivity contribution in [3.63, 3.8) is 0 Å². The highest BCUT2D eigenvalue weighted by atomic mass is 19.4. The lowest BCUT2D eigenvalue weighted by Gasteiger charge is -2.49. The molecule has 0 fully saturated rings. The summed E-state index contributed by atoms with van der Waals surface area (Å²) in [5.41, 5.74) is 1.27. The van der Waals surface area contributed by atoms with Crippen molar-refractivity contribution in [2.24, 2.45) is 11.7 Å². The molecule has 2 N–H and O–H groups in total. The Kier molecular flexibility index (Phi) is 11.2. The molecule has 1 unspecified atom stereocenters. The topological polar surface area (TPSA) is 72.6 Å². The molecule has 0 heterocycles. The average Bonchev–Trinajstić information content (AvgIpc) is 2.88. The number of nitrogens with zero attached hydrogens (tertiary/aromatic N) is 1. The molecule has 1 aromatic carbocycles. The Balaban J connectivity index is 2.61. The van der Waals surface area contributed by atoms with Crippen LogP contribution < -0.4 is 5.73 Å². The van der Waals surface area contributed by atoms with Gasteiger partial charge in [0, 0.05) is 18.9 Å². The van der Waals surface area contributed by atoms with Crippen LogP contribution in [0.2, 0.25) is 0 Å². The van der Waals surface area contributed by atoms with Crippen LogP contribution in [0.15, 0.2) is 54.8 Å². The van der Waals surface area contributed by atoms with Crippen LogP contribution in [0, 0.1) is 5.92 Å². The smallest absolute Gasteiger partial charge is 0.416 e. The summed E-state index contributed by atoms with van der Waals surface area (Å²) in [4.78, 5) is 26.4. The summed E-state index contributed by atoms with van der Waals surface area (Å²) in [6.07, 6.45) is -2.09. The lowest BCUT2D eigenvalue weighted by Crippen LogP contribution is -2.59. The number of carbonyl (C=O) groups is 2. The van der Waals surface area contributed by atoms with E-state index in [2.05, 4.69) is 6.58 Å². The Morgan fingerprint density at radius 3 is 2.15 bits per heavy atom. The molecule has 40 heavy (non-hydrogen) atoms. The average molecular weight is 575 g/mol. The number of benzene rings is 1. The Labute approximate surface area is 230 Å². The van der Waals surface area contributed by atoms with Gasteiger partial charge in [-0.3, -0.25) is 4.79 Å². The minimum atomic E-state index is -5.01. The van der Waals surface area contributed by atoms with Crippen LogP contribution in [-0.4, -0.2) is 35.2 Å². The number of Topliss-reactive ketones (excluding diaryl/α,β-unsaturated/α-hetero) is 1. The number of nitrogens with two attached hydrogens (primary N) is 1. The highest BCUT2D eigenvalue weighted by Crippen LogP contribution is 2.44. The lowest BCUT2D eigenvalue weighted by atomic mass is 9.73. The van der Waals surface area contributed by atoms with Gasteiger partial charge in [0.15, 0.2) is 0 Å². The van der Waals surface area contributed by atoms with E-state index in [9.17, 15) is 35.9 Å². The molecule has 0 saturated heterocycles. The fraction of sp³-hybridized carbons (Fsp3) is 0.517. The number of rotatable bonds is 13. The summed E-state index contributed by atoms with van der Waals surface area (Å²) in [6, 6.07) is 1.30. The molecule has 1 aromatic rings. The maximum Gasteiger partial charge on any atom is 0.416 e. The van der Waals surface area contributed by atoms with Gasteiger partial charge in [-0.25, -0.2) is 0 Å². The van der Waals surface area contributed by atoms with Crippen LogP contribution in [0.25, 0.3) is 0 Å².